The Morgan fingerprint density at radius 2 is 1.31 bits per heavy atom. The molecule has 3 heterocycles. The summed E-state index contributed by atoms with van der Waals surface area (Å²) in [6, 6.07) is 43.0. The number of anilines is 1. The van der Waals surface area contributed by atoms with E-state index in [2.05, 4.69) is 41.3 Å². The fourth-order valence-corrected chi connectivity index (χ4v) is 7.93. The minimum atomic E-state index is -1.88. The van der Waals surface area contributed by atoms with Crippen molar-refractivity contribution in [2.45, 2.75) is 56.3 Å². The Kier molecular flexibility index (Phi) is 7.25. The van der Waals surface area contributed by atoms with Gasteiger partial charge in [-0.1, -0.05) is 121 Å². The van der Waals surface area contributed by atoms with Gasteiger partial charge in [-0.3, -0.25) is 9.69 Å². The van der Waals surface area contributed by atoms with Gasteiger partial charge < -0.3 is 19.5 Å². The van der Waals surface area contributed by atoms with Gasteiger partial charge in [0, 0.05) is 6.54 Å². The highest BCUT2D eigenvalue weighted by Gasteiger charge is 2.78. The fraction of sp³-hybridized carbons (Fsp3) is 0.238. The largest absolute Gasteiger partial charge is 0.488 e. The quantitative estimate of drug-likeness (QED) is 0.110. The lowest BCUT2D eigenvalue weighted by molar-refractivity contribution is 0.00689. The Morgan fingerprint density at radius 3 is 1.82 bits per heavy atom. The molecular weight excluding hydrogens is 612 g/mol. The van der Waals surface area contributed by atoms with Crippen molar-refractivity contribution >= 4 is 17.4 Å². The molecule has 1 unspecified atom stereocenters. The van der Waals surface area contributed by atoms with Gasteiger partial charge in [0.1, 0.15) is 18.0 Å². The van der Waals surface area contributed by atoms with Crippen molar-refractivity contribution < 1.29 is 24.2 Å². The zero-order valence-corrected chi connectivity index (χ0v) is 27.7. The summed E-state index contributed by atoms with van der Waals surface area (Å²) in [4.78, 5) is 32.2. The molecule has 0 aliphatic carbocycles. The topological polar surface area (TPSA) is 79.1 Å². The molecule has 0 radical (unpaired) electrons. The molecule has 0 saturated carbocycles. The lowest BCUT2D eigenvalue weighted by Gasteiger charge is -2.42. The molecule has 7 nitrogen and oxygen atoms in total. The summed E-state index contributed by atoms with van der Waals surface area (Å²) in [5, 5.41) is 12.8. The number of aliphatic hydroxyl groups is 1. The van der Waals surface area contributed by atoms with Crippen LogP contribution in [0.15, 0.2) is 133 Å². The van der Waals surface area contributed by atoms with E-state index >= 15 is 0 Å². The number of ether oxygens (including phenoxy) is 2. The van der Waals surface area contributed by atoms with Crippen LogP contribution in [0.5, 0.6) is 5.75 Å². The Bertz CT molecular complexity index is 1930. The van der Waals surface area contributed by atoms with Crippen molar-refractivity contribution in [3.8, 4) is 5.75 Å². The number of hydrogen-bond acceptors (Lipinski definition) is 7. The van der Waals surface area contributed by atoms with Gasteiger partial charge in [-0.15, -0.1) is 0 Å². The van der Waals surface area contributed by atoms with Crippen molar-refractivity contribution in [2.75, 3.05) is 11.4 Å². The van der Waals surface area contributed by atoms with Crippen LogP contribution in [0.2, 0.25) is 0 Å². The van der Waals surface area contributed by atoms with E-state index in [9.17, 15) is 14.7 Å². The van der Waals surface area contributed by atoms with Crippen LogP contribution in [-0.2, 0) is 16.9 Å². The molecule has 7 heteroatoms. The molecule has 49 heavy (non-hydrogen) atoms. The Morgan fingerprint density at radius 1 is 0.796 bits per heavy atom. The molecule has 0 amide bonds. The van der Waals surface area contributed by atoms with Gasteiger partial charge in [0.2, 0.25) is 11.5 Å². The predicted molar refractivity (Wildman–Crippen MR) is 188 cm³/mol. The minimum Gasteiger partial charge on any atom is -0.488 e. The van der Waals surface area contributed by atoms with Gasteiger partial charge in [0.15, 0.2) is 0 Å². The molecule has 1 N–H and O–H groups in total. The third-order valence-corrected chi connectivity index (χ3v) is 9.89. The SMILES string of the molecule is CC(C)(C)OC(=O)c1cc(OCc2ccccc2)c2c(c1)N1C[C@H]3[C@H](N3C(c3ccccc3)(c3ccccc3)c3ccccc3)[C@]1(O)C2=O. The van der Waals surface area contributed by atoms with E-state index in [-0.39, 0.29) is 29.5 Å². The average molecular weight is 651 g/mol. The van der Waals surface area contributed by atoms with Crippen LogP contribution in [-0.4, -0.2) is 51.7 Å². The number of hydrogen-bond donors (Lipinski definition) is 1. The molecule has 3 aliphatic rings. The van der Waals surface area contributed by atoms with Crippen LogP contribution in [0.1, 0.15) is 63.7 Å². The van der Waals surface area contributed by atoms with E-state index in [4.69, 9.17) is 9.47 Å². The Hall–Kier alpha value is -5.24. The smallest absolute Gasteiger partial charge is 0.338 e. The maximum absolute atomic E-state index is 14.7. The molecule has 4 atom stereocenters. The van der Waals surface area contributed by atoms with E-state index in [1.54, 1.807) is 17.0 Å². The molecule has 8 rings (SSSR count). The first-order chi connectivity index (χ1) is 23.6. The van der Waals surface area contributed by atoms with E-state index < -0.39 is 34.7 Å². The van der Waals surface area contributed by atoms with Gasteiger partial charge in [-0.05, 0) is 55.2 Å². The van der Waals surface area contributed by atoms with Crippen molar-refractivity contribution in [1.82, 2.24) is 4.90 Å². The van der Waals surface area contributed by atoms with Crippen LogP contribution < -0.4 is 9.64 Å². The third-order valence-electron chi connectivity index (χ3n) is 9.89. The van der Waals surface area contributed by atoms with Crippen molar-refractivity contribution in [1.29, 1.82) is 0 Å². The average Bonchev–Trinajstić information content (AvgIpc) is 3.68. The van der Waals surface area contributed by atoms with E-state index in [1.165, 1.54) is 0 Å². The molecule has 0 spiro atoms. The maximum atomic E-state index is 14.7. The third kappa shape index (κ3) is 4.87. The zero-order chi connectivity index (χ0) is 34.0. The molecule has 0 aromatic heterocycles. The second-order valence-corrected chi connectivity index (χ2v) is 14.0. The number of piperazine rings is 1. The Balaban J connectivity index is 1.25. The van der Waals surface area contributed by atoms with Gasteiger partial charge in [0.25, 0.3) is 0 Å². The second-order valence-electron chi connectivity index (χ2n) is 14.0. The summed E-state index contributed by atoms with van der Waals surface area (Å²) in [5.74, 6) is -0.705. The number of carbonyl (C=O) groups is 2. The predicted octanol–water partition coefficient (Wildman–Crippen LogP) is 6.97. The van der Waals surface area contributed by atoms with Gasteiger partial charge >= 0.3 is 5.97 Å². The summed E-state index contributed by atoms with van der Waals surface area (Å²) in [6.45, 7) is 6.01. The summed E-state index contributed by atoms with van der Waals surface area (Å²) < 4.78 is 12.0. The van der Waals surface area contributed by atoms with Gasteiger partial charge in [0.05, 0.1) is 34.4 Å². The number of esters is 1. The molecule has 5 aromatic carbocycles. The van der Waals surface area contributed by atoms with Crippen LogP contribution in [0.3, 0.4) is 0 Å². The van der Waals surface area contributed by atoms with Crippen LogP contribution in [0, 0.1) is 0 Å². The highest BCUT2D eigenvalue weighted by Crippen LogP contribution is 2.62. The number of fused-ring (bicyclic) bond motifs is 5. The first-order valence-corrected chi connectivity index (χ1v) is 16.7. The highest BCUT2D eigenvalue weighted by atomic mass is 16.6. The van der Waals surface area contributed by atoms with Crippen LogP contribution in [0.25, 0.3) is 0 Å². The lowest BCUT2D eigenvalue weighted by Crippen LogP contribution is -2.56. The van der Waals surface area contributed by atoms with Crippen LogP contribution in [0.4, 0.5) is 5.69 Å². The summed E-state index contributed by atoms with van der Waals surface area (Å²) in [5.41, 5.74) is 1.67. The summed E-state index contributed by atoms with van der Waals surface area (Å²) >= 11 is 0. The van der Waals surface area contributed by atoms with Crippen molar-refractivity contribution in [3.05, 3.63) is 167 Å². The molecule has 2 saturated heterocycles. The zero-order valence-electron chi connectivity index (χ0n) is 27.7. The number of benzene rings is 5. The number of nitrogens with zero attached hydrogens (tertiary/aromatic N) is 2. The van der Waals surface area contributed by atoms with Crippen molar-refractivity contribution in [3.63, 3.8) is 0 Å². The van der Waals surface area contributed by atoms with Crippen LogP contribution >= 0.6 is 0 Å². The van der Waals surface area contributed by atoms with Gasteiger partial charge in [-0.25, -0.2) is 4.79 Å². The second kappa shape index (κ2) is 11.4. The van der Waals surface area contributed by atoms with Crippen molar-refractivity contribution in [2.24, 2.45) is 0 Å². The first kappa shape index (κ1) is 31.1. The monoisotopic (exact) mass is 650 g/mol. The van der Waals surface area contributed by atoms with Gasteiger partial charge in [-0.2, -0.15) is 0 Å². The van der Waals surface area contributed by atoms with E-state index in [0.29, 0.717) is 12.2 Å². The molecule has 246 valence electrons. The highest BCUT2D eigenvalue weighted by molar-refractivity contribution is 6.17. The summed E-state index contributed by atoms with van der Waals surface area (Å²) in [6.07, 6.45) is 0. The van der Waals surface area contributed by atoms with E-state index in [1.807, 2.05) is 106 Å². The first-order valence-electron chi connectivity index (χ1n) is 16.7. The minimum absolute atomic E-state index is 0.165. The van der Waals surface area contributed by atoms with E-state index in [0.717, 1.165) is 22.3 Å². The molecule has 3 aliphatic heterocycles. The standard InChI is InChI=1S/C42H38N2O5/c1-40(2,3)49-39(46)29-24-33-36(35(25-29)48-27-28-16-8-4-9-17-28)38(45)42(47)37-34(26-43(33)42)44(37)41(30-18-10-5-11-19-30,31-20-12-6-13-21-31)32-22-14-7-15-23-32/h4-25,34,37,47H,26-27H2,1-3H3/t34-,37-,42-,44?/m0/s1. The normalized spacial score (nSPS) is 22.2. The molecule has 5 aromatic rings. The number of ketones is 1. The number of rotatable bonds is 8. The summed E-state index contributed by atoms with van der Waals surface area (Å²) in [7, 11) is 0. The fourth-order valence-electron chi connectivity index (χ4n) is 7.93. The molecule has 0 bridgehead atoms. The number of carbonyl (C=O) groups excluding carboxylic acids is 2. The number of Topliss-reactive ketones (excluding diaryl/α,β-unsaturated/α-hetero) is 1. The Labute approximate surface area is 286 Å². The molecule has 2 fully saturated rings. The molecular formula is C42H38N2O5. The maximum Gasteiger partial charge on any atom is 0.338 e. The lowest BCUT2D eigenvalue weighted by atomic mass is 9.76.